The van der Waals surface area contributed by atoms with Crippen molar-refractivity contribution in [3.05, 3.63) is 77.0 Å². The van der Waals surface area contributed by atoms with Gasteiger partial charge in [-0.2, -0.15) is 31.4 Å². The molecule has 0 aliphatic carbocycles. The number of carbonyl (C=O) groups excluding carboxylic acids is 1. The Morgan fingerprint density at radius 1 is 1.00 bits per heavy atom. The van der Waals surface area contributed by atoms with E-state index in [0.717, 1.165) is 5.01 Å². The number of carbonyl (C=O) groups is 1. The number of hydrogen-bond donors (Lipinski definition) is 2. The zero-order chi connectivity index (χ0) is 22.1. The minimum atomic E-state index is -4.97. The zero-order valence-corrected chi connectivity index (χ0v) is 15.1. The van der Waals surface area contributed by atoms with Crippen molar-refractivity contribution in [1.29, 1.82) is 0 Å². The van der Waals surface area contributed by atoms with Gasteiger partial charge in [0.2, 0.25) is 0 Å². The van der Waals surface area contributed by atoms with Crippen LogP contribution in [0.3, 0.4) is 0 Å². The van der Waals surface area contributed by atoms with Gasteiger partial charge >= 0.3 is 12.4 Å². The molecule has 11 heteroatoms. The van der Waals surface area contributed by atoms with E-state index in [4.69, 9.17) is 5.73 Å². The van der Waals surface area contributed by atoms with Crippen molar-refractivity contribution in [3.63, 3.8) is 0 Å². The van der Waals surface area contributed by atoms with Crippen molar-refractivity contribution < 1.29 is 31.1 Å². The third-order valence-electron chi connectivity index (χ3n) is 4.13. The molecule has 158 valence electrons. The number of primary amides is 1. The van der Waals surface area contributed by atoms with Gasteiger partial charge in [-0.3, -0.25) is 9.80 Å². The predicted octanol–water partition coefficient (Wildman–Crippen LogP) is 3.77. The molecule has 30 heavy (non-hydrogen) atoms. The molecule has 3 rings (SSSR count). The summed E-state index contributed by atoms with van der Waals surface area (Å²) >= 11 is 0. The maximum atomic E-state index is 13.0. The second-order valence-electron chi connectivity index (χ2n) is 6.29. The molecule has 0 atom stereocenters. The minimum absolute atomic E-state index is 0.0390. The van der Waals surface area contributed by atoms with Crippen molar-refractivity contribution in [3.8, 4) is 0 Å². The Hall–Kier alpha value is -3.50. The molecular formula is C19H14F6N4O. The number of hydrazone groups is 1. The quantitative estimate of drug-likeness (QED) is 0.575. The van der Waals surface area contributed by atoms with Crippen LogP contribution >= 0.6 is 0 Å². The van der Waals surface area contributed by atoms with Crippen LogP contribution in [0.1, 0.15) is 22.3 Å². The Morgan fingerprint density at radius 3 is 2.07 bits per heavy atom. The molecule has 1 amide bonds. The Kier molecular flexibility index (Phi) is 5.47. The highest BCUT2D eigenvalue weighted by molar-refractivity contribution is 6.18. The van der Waals surface area contributed by atoms with E-state index in [1.807, 2.05) is 0 Å². The average Bonchev–Trinajstić information content (AvgIpc) is 3.13. The Morgan fingerprint density at radius 2 is 1.57 bits per heavy atom. The molecule has 0 spiro atoms. The summed E-state index contributed by atoms with van der Waals surface area (Å²) in [5.74, 6) is -0.983. The van der Waals surface area contributed by atoms with Crippen molar-refractivity contribution in [1.82, 2.24) is 10.3 Å². The number of nitrogens with two attached hydrogens (primary N) is 1. The van der Waals surface area contributed by atoms with Crippen LogP contribution in [0.25, 0.3) is 5.57 Å². The van der Waals surface area contributed by atoms with Crippen LogP contribution in [-0.4, -0.2) is 23.4 Å². The summed E-state index contributed by atoms with van der Waals surface area (Å²) in [5, 5.41) is 7.76. The van der Waals surface area contributed by atoms with Crippen molar-refractivity contribution in [2.45, 2.75) is 12.4 Å². The molecule has 1 heterocycles. The molecule has 0 unspecified atom stereocenters. The van der Waals surface area contributed by atoms with E-state index in [1.165, 1.54) is 6.20 Å². The molecule has 0 radical (unpaired) electrons. The second kappa shape index (κ2) is 7.73. The standard InChI is InChI=1S/C19H14F6N4O/c20-18(21,22)13-6-12(7-14(8-13)19(23,24)25)17-27-10-29(28-17)9-15(16(26)30)11-4-2-1-3-5-11/h1-9H,10H2,(H2,26,30)(H,27,28)/b15-9-. The second-order valence-corrected chi connectivity index (χ2v) is 6.29. The topological polar surface area (TPSA) is 70.7 Å². The lowest BCUT2D eigenvalue weighted by Crippen LogP contribution is -2.24. The highest BCUT2D eigenvalue weighted by atomic mass is 19.4. The van der Waals surface area contributed by atoms with Crippen LogP contribution in [0.15, 0.2) is 59.8 Å². The molecule has 1 aliphatic heterocycles. The number of nitrogens with zero attached hydrogens (tertiary/aromatic N) is 2. The van der Waals surface area contributed by atoms with Gasteiger partial charge in [0.25, 0.3) is 5.91 Å². The van der Waals surface area contributed by atoms with E-state index in [0.29, 0.717) is 17.7 Å². The normalized spacial score (nSPS) is 15.1. The van der Waals surface area contributed by atoms with Gasteiger partial charge in [-0.25, -0.2) is 0 Å². The Labute approximate surface area is 166 Å². The lowest BCUT2D eigenvalue weighted by molar-refractivity contribution is -0.143. The molecule has 2 aromatic carbocycles. The van der Waals surface area contributed by atoms with E-state index in [1.54, 1.807) is 30.3 Å². The summed E-state index contributed by atoms with van der Waals surface area (Å²) in [6.07, 6.45) is -8.68. The minimum Gasteiger partial charge on any atom is -0.366 e. The first kappa shape index (κ1) is 21.2. The number of rotatable bonds is 4. The molecular weight excluding hydrogens is 414 g/mol. The summed E-state index contributed by atoms with van der Waals surface area (Å²) in [6.45, 7) is -0.0868. The van der Waals surface area contributed by atoms with Crippen molar-refractivity contribution in [2.24, 2.45) is 10.8 Å². The SMILES string of the molecule is NC(=O)/C(=C\N1CNC(c2cc(C(F)(F)F)cc(C(F)(F)F)c2)=N1)c1ccccc1. The molecule has 3 N–H and O–H groups in total. The van der Waals surface area contributed by atoms with Gasteiger partial charge in [0, 0.05) is 11.8 Å². The molecule has 2 aromatic rings. The Bertz CT molecular complexity index is 980. The monoisotopic (exact) mass is 428 g/mol. The molecule has 0 saturated carbocycles. The predicted molar refractivity (Wildman–Crippen MR) is 96.4 cm³/mol. The van der Waals surface area contributed by atoms with Crippen LogP contribution in [0, 0.1) is 0 Å². The van der Waals surface area contributed by atoms with E-state index >= 15 is 0 Å². The molecule has 1 aliphatic rings. The number of nitrogens with one attached hydrogen (secondary N) is 1. The van der Waals surface area contributed by atoms with Crippen LogP contribution in [0.4, 0.5) is 26.3 Å². The highest BCUT2D eigenvalue weighted by Crippen LogP contribution is 2.36. The number of alkyl halides is 6. The van der Waals surface area contributed by atoms with Crippen LogP contribution < -0.4 is 11.1 Å². The van der Waals surface area contributed by atoms with E-state index in [-0.39, 0.29) is 24.1 Å². The smallest absolute Gasteiger partial charge is 0.366 e. The van der Waals surface area contributed by atoms with Gasteiger partial charge < -0.3 is 11.1 Å². The maximum Gasteiger partial charge on any atom is 0.416 e. The lowest BCUT2D eigenvalue weighted by atomic mass is 10.0. The van der Waals surface area contributed by atoms with E-state index in [2.05, 4.69) is 10.4 Å². The fourth-order valence-corrected chi connectivity index (χ4v) is 2.73. The third-order valence-corrected chi connectivity index (χ3v) is 4.13. The summed E-state index contributed by atoms with van der Waals surface area (Å²) in [6, 6.07) is 9.48. The molecule has 0 fully saturated rings. The first-order valence-electron chi connectivity index (χ1n) is 8.41. The lowest BCUT2D eigenvalue weighted by Gasteiger charge is -2.14. The van der Waals surface area contributed by atoms with E-state index in [9.17, 15) is 31.1 Å². The first-order valence-corrected chi connectivity index (χ1v) is 8.41. The largest absolute Gasteiger partial charge is 0.416 e. The first-order chi connectivity index (χ1) is 13.9. The summed E-state index contributed by atoms with van der Waals surface area (Å²) < 4.78 is 78.3. The van der Waals surface area contributed by atoms with Crippen molar-refractivity contribution >= 4 is 17.3 Å². The maximum absolute atomic E-state index is 13.0. The number of hydrogen-bond acceptors (Lipinski definition) is 4. The molecule has 0 aromatic heterocycles. The molecule has 0 bridgehead atoms. The number of amides is 1. The fraction of sp³-hybridized carbons (Fsp3) is 0.158. The van der Waals surface area contributed by atoms with Crippen LogP contribution in [0.5, 0.6) is 0 Å². The van der Waals surface area contributed by atoms with Gasteiger partial charge in [0.1, 0.15) is 6.67 Å². The molecule has 5 nitrogen and oxygen atoms in total. The number of halogens is 6. The van der Waals surface area contributed by atoms with Gasteiger partial charge in [-0.1, -0.05) is 30.3 Å². The van der Waals surface area contributed by atoms with Crippen LogP contribution in [-0.2, 0) is 17.1 Å². The number of amidine groups is 1. The molecule has 0 saturated heterocycles. The van der Waals surface area contributed by atoms with Gasteiger partial charge in [0.05, 0.1) is 16.7 Å². The third kappa shape index (κ3) is 4.73. The van der Waals surface area contributed by atoms with Gasteiger partial charge in [0.15, 0.2) is 5.84 Å². The average molecular weight is 428 g/mol. The number of benzene rings is 2. The van der Waals surface area contributed by atoms with Gasteiger partial charge in [-0.15, -0.1) is 0 Å². The summed E-state index contributed by atoms with van der Waals surface area (Å²) in [5.41, 5.74) is 2.63. The summed E-state index contributed by atoms with van der Waals surface area (Å²) in [7, 11) is 0. The highest BCUT2D eigenvalue weighted by Gasteiger charge is 2.37. The van der Waals surface area contributed by atoms with Gasteiger partial charge in [-0.05, 0) is 23.8 Å². The summed E-state index contributed by atoms with van der Waals surface area (Å²) in [4.78, 5) is 11.8. The zero-order valence-electron chi connectivity index (χ0n) is 15.1. The fourth-order valence-electron chi connectivity index (χ4n) is 2.73. The van der Waals surface area contributed by atoms with Crippen LogP contribution in [0.2, 0.25) is 0 Å². The van der Waals surface area contributed by atoms with E-state index < -0.39 is 35.0 Å². The Balaban J connectivity index is 2.00. The van der Waals surface area contributed by atoms with Crippen molar-refractivity contribution in [2.75, 3.05) is 6.67 Å².